The van der Waals surface area contributed by atoms with Crippen molar-refractivity contribution in [3.8, 4) is 0 Å². The Balaban J connectivity index is 1.45. The third kappa shape index (κ3) is 8.83. The zero-order valence-corrected chi connectivity index (χ0v) is 27.4. The maximum absolute atomic E-state index is 13.3. The molecule has 0 aliphatic heterocycles. The van der Waals surface area contributed by atoms with Crippen LogP contribution in [0.5, 0.6) is 0 Å². The lowest BCUT2D eigenvalue weighted by atomic mass is 9.69. The highest BCUT2D eigenvalue weighted by Crippen LogP contribution is 2.41. The molecule has 0 saturated heterocycles. The second-order valence-corrected chi connectivity index (χ2v) is 16.1. The average Bonchev–Trinajstić information content (AvgIpc) is 2.92. The van der Waals surface area contributed by atoms with Crippen LogP contribution in [0.1, 0.15) is 126 Å². The van der Waals surface area contributed by atoms with Crippen LogP contribution in [-0.2, 0) is 14.4 Å². The van der Waals surface area contributed by atoms with Crippen LogP contribution in [0.3, 0.4) is 0 Å². The van der Waals surface area contributed by atoms with E-state index < -0.39 is 0 Å². The predicted octanol–water partition coefficient (Wildman–Crippen LogP) is 9.03. The molecule has 1 aromatic carbocycles. The van der Waals surface area contributed by atoms with E-state index in [0.717, 1.165) is 77.0 Å². The van der Waals surface area contributed by atoms with Crippen molar-refractivity contribution in [3.63, 3.8) is 0 Å². The maximum Gasteiger partial charge on any atom is 0.227 e. The van der Waals surface area contributed by atoms with Gasteiger partial charge in [-0.05, 0) is 124 Å². The second-order valence-electron chi connectivity index (χ2n) is 16.1. The molecule has 3 amide bonds. The van der Waals surface area contributed by atoms with E-state index in [-0.39, 0.29) is 46.3 Å². The number of nitrogens with one attached hydrogen (secondary N) is 3. The van der Waals surface area contributed by atoms with Crippen molar-refractivity contribution in [1.29, 1.82) is 0 Å². The first-order valence-corrected chi connectivity index (χ1v) is 16.8. The van der Waals surface area contributed by atoms with Gasteiger partial charge in [0.25, 0.3) is 0 Å². The molecule has 6 nitrogen and oxygen atoms in total. The first-order chi connectivity index (χ1) is 19.7. The van der Waals surface area contributed by atoms with Crippen LogP contribution in [-0.4, -0.2) is 17.7 Å². The highest BCUT2D eigenvalue weighted by molar-refractivity contribution is 5.99. The van der Waals surface area contributed by atoms with E-state index in [9.17, 15) is 14.4 Å². The normalized spacial score (nSPS) is 28.9. The molecule has 0 atom stereocenters. The van der Waals surface area contributed by atoms with Gasteiger partial charge in [0.05, 0.1) is 0 Å². The molecule has 0 radical (unpaired) electrons. The molecule has 3 saturated carbocycles. The lowest BCUT2D eigenvalue weighted by molar-refractivity contribution is -0.122. The minimum Gasteiger partial charge on any atom is -0.326 e. The van der Waals surface area contributed by atoms with Gasteiger partial charge in [0, 0.05) is 34.8 Å². The predicted molar refractivity (Wildman–Crippen MR) is 173 cm³/mol. The first-order valence-electron chi connectivity index (χ1n) is 16.8. The minimum atomic E-state index is -0.0119. The molecule has 0 unspecified atom stereocenters. The molecule has 42 heavy (non-hydrogen) atoms. The summed E-state index contributed by atoms with van der Waals surface area (Å²) in [7, 11) is 0. The van der Waals surface area contributed by atoms with Crippen LogP contribution in [0.15, 0.2) is 18.2 Å². The molecule has 6 heteroatoms. The average molecular weight is 580 g/mol. The highest BCUT2D eigenvalue weighted by Gasteiger charge is 2.34. The summed E-state index contributed by atoms with van der Waals surface area (Å²) in [6, 6.07) is 5.52. The lowest BCUT2D eigenvalue weighted by Crippen LogP contribution is -2.32. The number of carbonyl (C=O) groups excluding carboxylic acids is 3. The summed E-state index contributed by atoms with van der Waals surface area (Å²) in [5.74, 6) is 2.04. The van der Waals surface area contributed by atoms with Gasteiger partial charge in [-0.2, -0.15) is 0 Å². The van der Waals surface area contributed by atoms with Gasteiger partial charge >= 0.3 is 0 Å². The van der Waals surface area contributed by atoms with Crippen LogP contribution in [0.25, 0.3) is 0 Å². The van der Waals surface area contributed by atoms with Crippen molar-refractivity contribution in [3.05, 3.63) is 18.2 Å². The molecular formula is C36H57N3O3. The molecule has 3 aliphatic rings. The van der Waals surface area contributed by atoms with E-state index in [1.165, 1.54) is 0 Å². The number of anilines is 3. The van der Waals surface area contributed by atoms with Crippen molar-refractivity contribution in [2.24, 2.45) is 46.3 Å². The number of benzene rings is 1. The maximum atomic E-state index is 13.3. The van der Waals surface area contributed by atoms with Crippen LogP contribution in [0.2, 0.25) is 0 Å². The van der Waals surface area contributed by atoms with Gasteiger partial charge in [0.15, 0.2) is 0 Å². The van der Waals surface area contributed by atoms with Crippen LogP contribution >= 0.6 is 0 Å². The first kappa shape index (κ1) is 32.5. The Labute approximate surface area is 254 Å². The highest BCUT2D eigenvalue weighted by atomic mass is 16.2. The molecule has 3 N–H and O–H groups in total. The Morgan fingerprint density at radius 1 is 0.500 bits per heavy atom. The fourth-order valence-electron chi connectivity index (χ4n) is 7.54. The summed E-state index contributed by atoms with van der Waals surface area (Å²) in [6.07, 6.45) is 11.8. The Hall–Kier alpha value is -2.37. The number of rotatable bonds is 6. The summed E-state index contributed by atoms with van der Waals surface area (Å²) in [5.41, 5.74) is 2.41. The summed E-state index contributed by atoms with van der Waals surface area (Å²) in [4.78, 5) is 39.9. The number of hydrogen-bond donors (Lipinski definition) is 3. The van der Waals surface area contributed by atoms with Gasteiger partial charge in [-0.15, -0.1) is 0 Å². The second kappa shape index (κ2) is 13.5. The Kier molecular flexibility index (Phi) is 10.5. The number of amides is 3. The smallest absolute Gasteiger partial charge is 0.227 e. The van der Waals surface area contributed by atoms with Gasteiger partial charge in [-0.3, -0.25) is 14.4 Å². The van der Waals surface area contributed by atoms with E-state index in [1.54, 1.807) is 0 Å². The van der Waals surface area contributed by atoms with E-state index in [4.69, 9.17) is 0 Å². The van der Waals surface area contributed by atoms with Crippen molar-refractivity contribution in [1.82, 2.24) is 0 Å². The van der Waals surface area contributed by atoms with Crippen molar-refractivity contribution in [2.75, 3.05) is 16.0 Å². The standard InChI is InChI=1S/C36H57N3O3/c1-23-8-10-24(11-9-23)32(40)37-29-20-30(38-33(41)25-12-16-27(17-13-25)35(2,3)4)22-31(21-29)39-34(42)26-14-18-28(19-15-26)36(5,6)7/h20-28H,8-19H2,1-7H3,(H,37,40)(H,38,41)(H,39,42)/t23-,24-,25-,26-,27+,28+. The molecular weight excluding hydrogens is 522 g/mol. The Morgan fingerprint density at radius 3 is 1.02 bits per heavy atom. The summed E-state index contributed by atoms with van der Waals surface area (Å²) >= 11 is 0. The largest absolute Gasteiger partial charge is 0.326 e. The lowest BCUT2D eigenvalue weighted by Gasteiger charge is -2.36. The molecule has 3 fully saturated rings. The molecule has 0 aromatic heterocycles. The van der Waals surface area contributed by atoms with E-state index in [2.05, 4.69) is 64.4 Å². The summed E-state index contributed by atoms with van der Waals surface area (Å²) in [5, 5.41) is 9.39. The van der Waals surface area contributed by atoms with Crippen molar-refractivity contribution in [2.45, 2.75) is 126 Å². The Morgan fingerprint density at radius 2 is 0.762 bits per heavy atom. The topological polar surface area (TPSA) is 87.3 Å². The van der Waals surface area contributed by atoms with Gasteiger partial charge in [0.1, 0.15) is 0 Å². The summed E-state index contributed by atoms with van der Waals surface area (Å²) in [6.45, 7) is 16.0. The number of carbonyl (C=O) groups is 3. The van der Waals surface area contributed by atoms with Crippen molar-refractivity contribution >= 4 is 34.8 Å². The van der Waals surface area contributed by atoms with E-state index in [0.29, 0.717) is 34.8 Å². The minimum absolute atomic E-state index is 0.00786. The van der Waals surface area contributed by atoms with Crippen LogP contribution in [0, 0.1) is 46.3 Å². The fraction of sp³-hybridized carbons (Fsp3) is 0.750. The van der Waals surface area contributed by atoms with Crippen molar-refractivity contribution < 1.29 is 14.4 Å². The monoisotopic (exact) mass is 579 g/mol. The van der Waals surface area contributed by atoms with Gasteiger partial charge < -0.3 is 16.0 Å². The van der Waals surface area contributed by atoms with Gasteiger partial charge in [-0.25, -0.2) is 0 Å². The summed E-state index contributed by atoms with van der Waals surface area (Å²) < 4.78 is 0. The third-order valence-corrected chi connectivity index (χ3v) is 10.8. The molecule has 0 spiro atoms. The molecule has 4 rings (SSSR count). The van der Waals surface area contributed by atoms with Crippen LogP contribution in [0.4, 0.5) is 17.1 Å². The van der Waals surface area contributed by atoms with Crippen LogP contribution < -0.4 is 16.0 Å². The van der Waals surface area contributed by atoms with E-state index >= 15 is 0 Å². The molecule has 0 bridgehead atoms. The molecule has 1 aromatic rings. The van der Waals surface area contributed by atoms with Gasteiger partial charge in [-0.1, -0.05) is 48.5 Å². The molecule has 234 valence electrons. The van der Waals surface area contributed by atoms with Gasteiger partial charge in [0.2, 0.25) is 17.7 Å². The third-order valence-electron chi connectivity index (χ3n) is 10.8. The zero-order valence-electron chi connectivity index (χ0n) is 27.4. The quantitative estimate of drug-likeness (QED) is 0.314. The number of hydrogen-bond acceptors (Lipinski definition) is 3. The van der Waals surface area contributed by atoms with E-state index in [1.807, 2.05) is 18.2 Å². The SMILES string of the molecule is CC(C)(C)[C@H]1CC[C@@H](C(=O)Nc2cc(NC(=O)[C@H]3CC[C@H](C)CC3)cc(NC(=O)[C@H]3CC[C@@H](C(C)(C)C)CC3)c2)CC1. The molecule has 0 heterocycles. The fourth-order valence-corrected chi connectivity index (χ4v) is 7.54. The Bertz CT molecular complexity index is 1020. The molecule has 3 aliphatic carbocycles. The zero-order chi connectivity index (χ0) is 30.7.